The average molecular weight is 339 g/mol. The standard InChI is InChI=1S/C17H25NO6/c1-7-10(2)13(17(20)24-6)18-16(19)11-8-9-12(21-3)15(23-5)14(11)22-4/h8-10,13H,7H2,1-6H3,(H,18,19)/t10-,13+/m0/s1. The SMILES string of the molecule is CC[C@H](C)[C@@H](NC(=O)c1ccc(OC)c(OC)c1OC)C(=O)OC. The van der Waals surface area contributed by atoms with Gasteiger partial charge in [0.1, 0.15) is 6.04 Å². The molecule has 0 radical (unpaired) electrons. The number of hydrogen-bond acceptors (Lipinski definition) is 6. The molecule has 0 aliphatic rings. The maximum Gasteiger partial charge on any atom is 0.328 e. The number of amides is 1. The zero-order valence-corrected chi connectivity index (χ0v) is 15.0. The van der Waals surface area contributed by atoms with E-state index >= 15 is 0 Å². The summed E-state index contributed by atoms with van der Waals surface area (Å²) in [5, 5.41) is 2.71. The van der Waals surface area contributed by atoms with Crippen LogP contribution in [0.25, 0.3) is 0 Å². The summed E-state index contributed by atoms with van der Waals surface area (Å²) in [5.41, 5.74) is 0.243. The van der Waals surface area contributed by atoms with Gasteiger partial charge in [-0.3, -0.25) is 4.79 Å². The fourth-order valence-electron chi connectivity index (χ4n) is 2.30. The third-order valence-corrected chi connectivity index (χ3v) is 3.90. The Hall–Kier alpha value is -2.44. The Balaban J connectivity index is 3.20. The van der Waals surface area contributed by atoms with Gasteiger partial charge < -0.3 is 24.3 Å². The monoisotopic (exact) mass is 339 g/mol. The fraction of sp³-hybridized carbons (Fsp3) is 0.529. The van der Waals surface area contributed by atoms with E-state index < -0.39 is 17.9 Å². The lowest BCUT2D eigenvalue weighted by Gasteiger charge is -2.23. The minimum Gasteiger partial charge on any atom is -0.493 e. The molecule has 1 amide bonds. The number of nitrogens with one attached hydrogen (secondary N) is 1. The number of carbonyl (C=O) groups excluding carboxylic acids is 2. The first-order valence-electron chi connectivity index (χ1n) is 7.62. The van der Waals surface area contributed by atoms with E-state index in [1.165, 1.54) is 28.4 Å². The fourth-order valence-corrected chi connectivity index (χ4v) is 2.30. The molecular weight excluding hydrogens is 314 g/mol. The van der Waals surface area contributed by atoms with E-state index in [4.69, 9.17) is 18.9 Å². The molecule has 0 bridgehead atoms. The molecule has 0 aliphatic heterocycles. The molecule has 1 rings (SSSR count). The van der Waals surface area contributed by atoms with Crippen LogP contribution < -0.4 is 19.5 Å². The number of esters is 1. The minimum atomic E-state index is -0.745. The first-order valence-corrected chi connectivity index (χ1v) is 7.62. The smallest absolute Gasteiger partial charge is 0.328 e. The van der Waals surface area contributed by atoms with E-state index in [0.717, 1.165) is 0 Å². The highest BCUT2D eigenvalue weighted by Gasteiger charge is 2.29. The molecule has 0 unspecified atom stereocenters. The summed E-state index contributed by atoms with van der Waals surface area (Å²) in [5.74, 6) is -0.0292. The van der Waals surface area contributed by atoms with Gasteiger partial charge in [-0.15, -0.1) is 0 Å². The Labute approximate surface area is 142 Å². The number of methoxy groups -OCH3 is 4. The highest BCUT2D eigenvalue weighted by Crippen LogP contribution is 2.39. The molecule has 0 saturated carbocycles. The third kappa shape index (κ3) is 4.10. The summed E-state index contributed by atoms with van der Waals surface area (Å²) in [6, 6.07) is 2.41. The topological polar surface area (TPSA) is 83.1 Å². The van der Waals surface area contributed by atoms with Gasteiger partial charge in [0.15, 0.2) is 11.5 Å². The van der Waals surface area contributed by atoms with Crippen LogP contribution in [0.15, 0.2) is 12.1 Å². The molecule has 1 N–H and O–H groups in total. The molecule has 0 heterocycles. The van der Waals surface area contributed by atoms with Crippen molar-refractivity contribution in [2.75, 3.05) is 28.4 Å². The summed E-state index contributed by atoms with van der Waals surface area (Å²) in [6.07, 6.45) is 0.711. The summed E-state index contributed by atoms with van der Waals surface area (Å²) < 4.78 is 20.5. The van der Waals surface area contributed by atoms with Gasteiger partial charge in [0.05, 0.1) is 34.0 Å². The van der Waals surface area contributed by atoms with Crippen LogP contribution in [-0.4, -0.2) is 46.4 Å². The first kappa shape index (κ1) is 19.6. The summed E-state index contributed by atoms with van der Waals surface area (Å²) in [7, 11) is 5.67. The van der Waals surface area contributed by atoms with E-state index in [1.54, 1.807) is 12.1 Å². The molecule has 2 atom stereocenters. The zero-order chi connectivity index (χ0) is 18.3. The molecule has 134 valence electrons. The first-order chi connectivity index (χ1) is 11.4. The van der Waals surface area contributed by atoms with E-state index in [2.05, 4.69) is 5.32 Å². The highest BCUT2D eigenvalue weighted by atomic mass is 16.5. The van der Waals surface area contributed by atoms with Crippen molar-refractivity contribution in [1.29, 1.82) is 0 Å². The maximum absolute atomic E-state index is 12.6. The van der Waals surface area contributed by atoms with Gasteiger partial charge in [-0.2, -0.15) is 0 Å². The van der Waals surface area contributed by atoms with Crippen LogP contribution in [0.2, 0.25) is 0 Å². The predicted octanol–water partition coefficient (Wildman–Crippen LogP) is 2.03. The van der Waals surface area contributed by atoms with Crippen LogP contribution in [0.3, 0.4) is 0 Å². The molecule has 1 aromatic rings. The van der Waals surface area contributed by atoms with Crippen molar-refractivity contribution in [1.82, 2.24) is 5.32 Å². The molecule has 0 spiro atoms. The number of hydrogen-bond donors (Lipinski definition) is 1. The number of ether oxygens (including phenoxy) is 4. The van der Waals surface area contributed by atoms with Gasteiger partial charge in [0.25, 0.3) is 5.91 Å². The normalized spacial score (nSPS) is 12.8. The minimum absolute atomic E-state index is 0.0764. The van der Waals surface area contributed by atoms with Crippen molar-refractivity contribution in [3.63, 3.8) is 0 Å². The van der Waals surface area contributed by atoms with Crippen LogP contribution in [0.4, 0.5) is 0 Å². The van der Waals surface area contributed by atoms with Gasteiger partial charge in [-0.05, 0) is 18.1 Å². The lowest BCUT2D eigenvalue weighted by atomic mass is 9.98. The molecule has 0 aromatic heterocycles. The van der Waals surface area contributed by atoms with Crippen molar-refractivity contribution in [2.45, 2.75) is 26.3 Å². The van der Waals surface area contributed by atoms with Gasteiger partial charge in [-0.1, -0.05) is 20.3 Å². The van der Waals surface area contributed by atoms with Gasteiger partial charge in [0, 0.05) is 0 Å². The van der Waals surface area contributed by atoms with E-state index in [1.807, 2.05) is 13.8 Å². The molecule has 0 saturated heterocycles. The predicted molar refractivity (Wildman–Crippen MR) is 88.8 cm³/mol. The summed E-state index contributed by atoms with van der Waals surface area (Å²) in [6.45, 7) is 3.80. The Morgan fingerprint density at radius 1 is 1.04 bits per heavy atom. The van der Waals surface area contributed by atoms with E-state index in [9.17, 15) is 9.59 Å². The van der Waals surface area contributed by atoms with Crippen LogP contribution in [0, 0.1) is 5.92 Å². The van der Waals surface area contributed by atoms with Crippen LogP contribution >= 0.6 is 0 Å². The third-order valence-electron chi connectivity index (χ3n) is 3.90. The van der Waals surface area contributed by atoms with E-state index in [0.29, 0.717) is 17.9 Å². The van der Waals surface area contributed by atoms with Crippen LogP contribution in [0.1, 0.15) is 30.6 Å². The molecule has 24 heavy (non-hydrogen) atoms. The van der Waals surface area contributed by atoms with Crippen LogP contribution in [0.5, 0.6) is 17.2 Å². The molecule has 0 aliphatic carbocycles. The molecule has 1 aromatic carbocycles. The zero-order valence-electron chi connectivity index (χ0n) is 15.0. The number of benzene rings is 1. The van der Waals surface area contributed by atoms with Crippen molar-refractivity contribution in [3.05, 3.63) is 17.7 Å². The Morgan fingerprint density at radius 3 is 2.12 bits per heavy atom. The second-order valence-electron chi connectivity index (χ2n) is 5.24. The summed E-state index contributed by atoms with van der Waals surface area (Å²) >= 11 is 0. The van der Waals surface area contributed by atoms with Crippen molar-refractivity contribution < 1.29 is 28.5 Å². The highest BCUT2D eigenvalue weighted by molar-refractivity contribution is 6.00. The molecular formula is C17H25NO6. The molecule has 7 heteroatoms. The quantitative estimate of drug-likeness (QED) is 0.730. The Bertz CT molecular complexity index is 587. The van der Waals surface area contributed by atoms with E-state index in [-0.39, 0.29) is 17.2 Å². The van der Waals surface area contributed by atoms with Crippen LogP contribution in [-0.2, 0) is 9.53 Å². The maximum atomic E-state index is 12.6. The Kier molecular flexibility index (Phi) is 7.35. The second kappa shape index (κ2) is 9.00. The number of rotatable bonds is 8. The molecule has 0 fully saturated rings. The average Bonchev–Trinajstić information content (AvgIpc) is 2.62. The molecule has 7 nitrogen and oxygen atoms in total. The number of carbonyl (C=O) groups is 2. The van der Waals surface area contributed by atoms with Gasteiger partial charge >= 0.3 is 5.97 Å². The lowest BCUT2D eigenvalue weighted by Crippen LogP contribution is -2.45. The Morgan fingerprint density at radius 2 is 1.67 bits per heavy atom. The second-order valence-corrected chi connectivity index (χ2v) is 5.24. The lowest BCUT2D eigenvalue weighted by molar-refractivity contribution is -0.144. The van der Waals surface area contributed by atoms with Gasteiger partial charge in [-0.25, -0.2) is 4.79 Å². The summed E-state index contributed by atoms with van der Waals surface area (Å²) in [4.78, 5) is 24.6. The van der Waals surface area contributed by atoms with Crippen molar-refractivity contribution in [2.24, 2.45) is 5.92 Å². The van der Waals surface area contributed by atoms with Gasteiger partial charge in [0.2, 0.25) is 5.75 Å². The van der Waals surface area contributed by atoms with Crippen molar-refractivity contribution >= 4 is 11.9 Å². The largest absolute Gasteiger partial charge is 0.493 e. The van der Waals surface area contributed by atoms with Crippen molar-refractivity contribution in [3.8, 4) is 17.2 Å².